The molecule has 0 amide bonds. The van der Waals surface area contributed by atoms with Crippen LogP contribution in [-0.4, -0.2) is 25.1 Å². The van der Waals surface area contributed by atoms with E-state index in [1.807, 2.05) is 22.8 Å². The van der Waals surface area contributed by atoms with E-state index in [0.29, 0.717) is 35.5 Å². The molecule has 0 atom stereocenters. The van der Waals surface area contributed by atoms with Gasteiger partial charge in [-0.3, -0.25) is 9.13 Å². The lowest BCUT2D eigenvalue weighted by molar-refractivity contribution is 0.133. The number of alkyl halides is 2. The second-order valence-electron chi connectivity index (χ2n) is 7.30. The molecule has 4 aromatic rings. The van der Waals surface area contributed by atoms with Crippen molar-refractivity contribution in [2.75, 3.05) is 0 Å². The number of fused-ring (bicyclic) bond motifs is 2. The van der Waals surface area contributed by atoms with Crippen molar-refractivity contribution < 1.29 is 13.2 Å². The number of aryl methyl sites for hydroxylation is 2. The summed E-state index contributed by atoms with van der Waals surface area (Å²) in [6.07, 6.45) is -2.33. The van der Waals surface area contributed by atoms with Crippen molar-refractivity contribution in [3.05, 3.63) is 64.1 Å². The molecular formula is C21H22F3N5O. The summed E-state index contributed by atoms with van der Waals surface area (Å²) in [4.78, 5) is 17.4. The summed E-state index contributed by atoms with van der Waals surface area (Å²) < 4.78 is 43.9. The zero-order chi connectivity index (χ0) is 21.4. The van der Waals surface area contributed by atoms with Crippen LogP contribution in [-0.2, 0) is 26.7 Å². The van der Waals surface area contributed by atoms with E-state index in [2.05, 4.69) is 4.98 Å². The Morgan fingerprint density at radius 2 is 1.83 bits per heavy atom. The summed E-state index contributed by atoms with van der Waals surface area (Å²) in [7, 11) is 1.62. The Morgan fingerprint density at radius 1 is 1.07 bits per heavy atom. The third-order valence-electron chi connectivity index (χ3n) is 5.34. The van der Waals surface area contributed by atoms with Crippen molar-refractivity contribution in [2.45, 2.75) is 38.9 Å². The highest BCUT2D eigenvalue weighted by Crippen LogP contribution is 2.22. The molecule has 0 unspecified atom stereocenters. The number of hydrogen-bond donors (Lipinski definition) is 1. The zero-order valence-electron chi connectivity index (χ0n) is 16.5. The standard InChI is InChI=1S/C21H22F3N5O/c1-27-17-7-5-14(22)10-18(17)29(21(27)30)12-20-26-15-9-13(11-25)4-6-16(15)28(20)8-2-3-19(23)24/h4-7,9-10,19H,2-3,8,11-12,25H2,1H3. The summed E-state index contributed by atoms with van der Waals surface area (Å²) >= 11 is 0. The summed E-state index contributed by atoms with van der Waals surface area (Å²) in [5, 5.41) is 0. The third-order valence-corrected chi connectivity index (χ3v) is 5.34. The SMILES string of the molecule is Cn1c(=O)n(Cc2nc3cc(CN)ccc3n2CCCC(F)F)c2cc(F)ccc21. The van der Waals surface area contributed by atoms with Crippen molar-refractivity contribution >= 4 is 22.1 Å². The smallest absolute Gasteiger partial charge is 0.326 e. The second-order valence-corrected chi connectivity index (χ2v) is 7.30. The molecule has 0 bridgehead atoms. The Kier molecular flexibility index (Phi) is 5.38. The normalized spacial score (nSPS) is 11.9. The van der Waals surface area contributed by atoms with Crippen LogP contribution in [0.15, 0.2) is 41.2 Å². The molecule has 0 saturated carbocycles. The maximum atomic E-state index is 13.8. The Balaban J connectivity index is 1.82. The predicted molar refractivity (Wildman–Crippen MR) is 109 cm³/mol. The van der Waals surface area contributed by atoms with Crippen LogP contribution in [0.25, 0.3) is 22.1 Å². The molecule has 0 aliphatic heterocycles. The number of nitrogens with zero attached hydrogens (tertiary/aromatic N) is 4. The van der Waals surface area contributed by atoms with E-state index in [4.69, 9.17) is 5.73 Å². The molecule has 0 aliphatic rings. The Morgan fingerprint density at radius 3 is 2.57 bits per heavy atom. The van der Waals surface area contributed by atoms with Gasteiger partial charge in [-0.05, 0) is 42.3 Å². The van der Waals surface area contributed by atoms with Crippen LogP contribution in [0.1, 0.15) is 24.2 Å². The molecule has 0 fully saturated rings. The Bertz CT molecular complexity index is 1270. The lowest BCUT2D eigenvalue weighted by atomic mass is 10.2. The molecule has 9 heteroatoms. The van der Waals surface area contributed by atoms with Crippen molar-refractivity contribution in [3.8, 4) is 0 Å². The highest BCUT2D eigenvalue weighted by molar-refractivity contribution is 5.78. The first-order valence-corrected chi connectivity index (χ1v) is 9.70. The number of halogens is 3. The van der Waals surface area contributed by atoms with Gasteiger partial charge in [0.1, 0.15) is 11.6 Å². The van der Waals surface area contributed by atoms with Crippen LogP contribution in [0.4, 0.5) is 13.2 Å². The minimum atomic E-state index is -2.38. The molecule has 0 spiro atoms. The highest BCUT2D eigenvalue weighted by atomic mass is 19.3. The molecule has 2 heterocycles. The Hall–Kier alpha value is -3.07. The molecule has 0 aliphatic carbocycles. The topological polar surface area (TPSA) is 70.8 Å². The molecule has 0 saturated heterocycles. The number of benzene rings is 2. The van der Waals surface area contributed by atoms with E-state index >= 15 is 0 Å². The Labute approximate surface area is 170 Å². The zero-order valence-corrected chi connectivity index (χ0v) is 16.5. The van der Waals surface area contributed by atoms with Gasteiger partial charge in [-0.15, -0.1) is 0 Å². The number of imidazole rings is 2. The highest BCUT2D eigenvalue weighted by Gasteiger charge is 2.17. The van der Waals surface area contributed by atoms with Crippen LogP contribution < -0.4 is 11.4 Å². The summed E-state index contributed by atoms with van der Waals surface area (Å²) in [5.74, 6) is 0.104. The first-order valence-electron chi connectivity index (χ1n) is 9.70. The lowest BCUT2D eigenvalue weighted by Crippen LogP contribution is -2.24. The monoisotopic (exact) mass is 417 g/mol. The first kappa shape index (κ1) is 20.2. The van der Waals surface area contributed by atoms with E-state index in [1.165, 1.54) is 21.3 Å². The minimum Gasteiger partial charge on any atom is -0.326 e. The van der Waals surface area contributed by atoms with Gasteiger partial charge in [0.15, 0.2) is 0 Å². The number of nitrogens with two attached hydrogens (primary N) is 1. The van der Waals surface area contributed by atoms with E-state index < -0.39 is 12.2 Å². The maximum absolute atomic E-state index is 13.8. The van der Waals surface area contributed by atoms with Crippen LogP contribution >= 0.6 is 0 Å². The van der Waals surface area contributed by atoms with Gasteiger partial charge in [0.05, 0.1) is 28.6 Å². The van der Waals surface area contributed by atoms with Crippen LogP contribution in [0.5, 0.6) is 0 Å². The third kappa shape index (κ3) is 3.60. The van der Waals surface area contributed by atoms with Crippen LogP contribution in [0.3, 0.4) is 0 Å². The van der Waals surface area contributed by atoms with Crippen molar-refractivity contribution in [3.63, 3.8) is 0 Å². The second kappa shape index (κ2) is 7.98. The van der Waals surface area contributed by atoms with Crippen LogP contribution in [0, 0.1) is 5.82 Å². The summed E-state index contributed by atoms with van der Waals surface area (Å²) in [6.45, 7) is 0.790. The number of hydrogen-bond acceptors (Lipinski definition) is 3. The fourth-order valence-electron chi connectivity index (χ4n) is 3.80. The van der Waals surface area contributed by atoms with Crippen molar-refractivity contribution in [2.24, 2.45) is 12.8 Å². The summed E-state index contributed by atoms with van der Waals surface area (Å²) in [6, 6.07) is 9.77. The van der Waals surface area contributed by atoms with Crippen LogP contribution in [0.2, 0.25) is 0 Å². The molecule has 30 heavy (non-hydrogen) atoms. The fraction of sp³-hybridized carbons (Fsp3) is 0.333. The molecule has 4 rings (SSSR count). The van der Waals surface area contributed by atoms with Gasteiger partial charge in [-0.25, -0.2) is 22.9 Å². The molecule has 158 valence electrons. The number of rotatable bonds is 7. The van der Waals surface area contributed by atoms with Gasteiger partial charge in [0, 0.05) is 26.6 Å². The van der Waals surface area contributed by atoms with Gasteiger partial charge in [0.2, 0.25) is 6.43 Å². The molecule has 2 N–H and O–H groups in total. The molecule has 0 radical (unpaired) electrons. The summed E-state index contributed by atoms with van der Waals surface area (Å²) in [5.41, 5.74) is 8.85. The minimum absolute atomic E-state index is 0.0982. The predicted octanol–water partition coefficient (Wildman–Crippen LogP) is 3.38. The lowest BCUT2D eigenvalue weighted by Gasteiger charge is -2.10. The van der Waals surface area contributed by atoms with Crippen molar-refractivity contribution in [1.82, 2.24) is 18.7 Å². The maximum Gasteiger partial charge on any atom is 0.329 e. The van der Waals surface area contributed by atoms with Crippen molar-refractivity contribution in [1.29, 1.82) is 0 Å². The van der Waals surface area contributed by atoms with E-state index in [1.54, 1.807) is 13.1 Å². The fourth-order valence-corrected chi connectivity index (χ4v) is 3.80. The molecule has 6 nitrogen and oxygen atoms in total. The molecule has 2 aromatic heterocycles. The van der Waals surface area contributed by atoms with Gasteiger partial charge in [-0.1, -0.05) is 6.07 Å². The van der Waals surface area contributed by atoms with Gasteiger partial charge in [-0.2, -0.15) is 0 Å². The molecule has 2 aromatic carbocycles. The van der Waals surface area contributed by atoms with Gasteiger partial charge in [0.25, 0.3) is 0 Å². The average molecular weight is 417 g/mol. The van der Waals surface area contributed by atoms with Gasteiger partial charge >= 0.3 is 5.69 Å². The van der Waals surface area contributed by atoms with E-state index in [-0.39, 0.29) is 25.1 Å². The van der Waals surface area contributed by atoms with Gasteiger partial charge < -0.3 is 10.3 Å². The van der Waals surface area contributed by atoms with E-state index in [0.717, 1.165) is 11.1 Å². The average Bonchev–Trinajstić information content (AvgIpc) is 3.17. The first-order chi connectivity index (χ1) is 14.4. The number of aromatic nitrogens is 4. The molecular weight excluding hydrogens is 395 g/mol. The van der Waals surface area contributed by atoms with E-state index in [9.17, 15) is 18.0 Å². The quantitative estimate of drug-likeness (QED) is 0.501. The largest absolute Gasteiger partial charge is 0.329 e.